The summed E-state index contributed by atoms with van der Waals surface area (Å²) in [6, 6.07) is 4.98. The summed E-state index contributed by atoms with van der Waals surface area (Å²) in [4.78, 5) is 0. The Morgan fingerprint density at radius 2 is 1.69 bits per heavy atom. The van der Waals surface area contributed by atoms with Gasteiger partial charge in [0.25, 0.3) is 0 Å². The van der Waals surface area contributed by atoms with Crippen LogP contribution in [0.2, 0.25) is 0 Å². The van der Waals surface area contributed by atoms with Gasteiger partial charge in [-0.05, 0) is 18.2 Å². The van der Waals surface area contributed by atoms with Crippen molar-refractivity contribution in [2.45, 2.75) is 20.0 Å². The molecular formula is C9H10BrF3. The van der Waals surface area contributed by atoms with Crippen LogP contribution < -0.4 is 0 Å². The molecule has 0 spiro atoms. The van der Waals surface area contributed by atoms with Gasteiger partial charge in [-0.15, -0.1) is 0 Å². The van der Waals surface area contributed by atoms with Crippen molar-refractivity contribution < 1.29 is 13.2 Å². The Kier molecular flexibility index (Phi) is 5.06. The lowest BCUT2D eigenvalue weighted by molar-refractivity contribution is -0.137. The van der Waals surface area contributed by atoms with Crippen molar-refractivity contribution in [1.82, 2.24) is 0 Å². The molecule has 0 N–H and O–H groups in total. The summed E-state index contributed by atoms with van der Waals surface area (Å²) in [7, 11) is 0. The Balaban J connectivity index is 0.000000671. The largest absolute Gasteiger partial charge is 0.416 e. The molecule has 0 unspecified atom stereocenters. The quantitative estimate of drug-likeness (QED) is 0.640. The zero-order valence-corrected chi connectivity index (χ0v) is 8.91. The highest BCUT2D eigenvalue weighted by Crippen LogP contribution is 2.30. The van der Waals surface area contributed by atoms with E-state index in [9.17, 15) is 13.2 Å². The lowest BCUT2D eigenvalue weighted by Crippen LogP contribution is -2.03. The molecular weight excluding hydrogens is 245 g/mol. The van der Waals surface area contributed by atoms with Crippen LogP contribution in [0.1, 0.15) is 19.4 Å². The van der Waals surface area contributed by atoms with Gasteiger partial charge in [-0.2, -0.15) is 13.2 Å². The van der Waals surface area contributed by atoms with Gasteiger partial charge in [0, 0.05) is 4.47 Å². The Hall–Kier alpha value is -0.510. The van der Waals surface area contributed by atoms with Crippen LogP contribution in [0.3, 0.4) is 0 Å². The summed E-state index contributed by atoms with van der Waals surface area (Å²) in [5, 5.41) is 0. The smallest absolute Gasteiger partial charge is 0.166 e. The molecule has 0 atom stereocenters. The SMILES string of the molecule is CC.FC(F)(F)c1cccc(Br)c1. The van der Waals surface area contributed by atoms with Gasteiger partial charge in [0.2, 0.25) is 0 Å². The zero-order chi connectivity index (χ0) is 10.5. The first kappa shape index (κ1) is 12.5. The Morgan fingerprint density at radius 3 is 2.00 bits per heavy atom. The minimum atomic E-state index is -4.25. The first-order valence-corrected chi connectivity index (χ1v) is 4.62. The number of hydrogen-bond acceptors (Lipinski definition) is 0. The second kappa shape index (κ2) is 5.27. The van der Waals surface area contributed by atoms with Crippen molar-refractivity contribution in [3.8, 4) is 0 Å². The van der Waals surface area contributed by atoms with Crippen molar-refractivity contribution in [2.24, 2.45) is 0 Å². The fraction of sp³-hybridized carbons (Fsp3) is 0.333. The van der Waals surface area contributed by atoms with Gasteiger partial charge in [0.1, 0.15) is 0 Å². The van der Waals surface area contributed by atoms with E-state index in [4.69, 9.17) is 0 Å². The minimum Gasteiger partial charge on any atom is -0.166 e. The molecule has 0 nitrogen and oxygen atoms in total. The molecule has 0 saturated carbocycles. The fourth-order valence-corrected chi connectivity index (χ4v) is 1.06. The first-order valence-electron chi connectivity index (χ1n) is 3.83. The molecule has 0 heterocycles. The van der Waals surface area contributed by atoms with Gasteiger partial charge < -0.3 is 0 Å². The Morgan fingerprint density at radius 1 is 1.15 bits per heavy atom. The van der Waals surface area contributed by atoms with E-state index < -0.39 is 11.7 Å². The minimum absolute atomic E-state index is 0.437. The molecule has 1 rings (SSSR count). The normalized spacial score (nSPS) is 10.3. The van der Waals surface area contributed by atoms with Crippen molar-refractivity contribution in [1.29, 1.82) is 0 Å². The highest BCUT2D eigenvalue weighted by Gasteiger charge is 2.30. The summed E-state index contributed by atoms with van der Waals surface area (Å²) >= 11 is 2.95. The molecule has 0 aliphatic rings. The second-order valence-corrected chi connectivity index (χ2v) is 2.92. The predicted molar refractivity (Wildman–Crippen MR) is 50.5 cm³/mol. The van der Waals surface area contributed by atoms with E-state index in [1.807, 2.05) is 13.8 Å². The Labute approximate surface area is 83.9 Å². The van der Waals surface area contributed by atoms with Crippen LogP contribution in [0.15, 0.2) is 28.7 Å². The average Bonchev–Trinajstić information content (AvgIpc) is 2.06. The maximum atomic E-state index is 11.9. The van der Waals surface area contributed by atoms with Crippen LogP contribution in [-0.4, -0.2) is 0 Å². The van der Waals surface area contributed by atoms with Crippen molar-refractivity contribution >= 4 is 15.9 Å². The van der Waals surface area contributed by atoms with Crippen LogP contribution in [0.5, 0.6) is 0 Å². The van der Waals surface area contributed by atoms with Crippen LogP contribution in [0.4, 0.5) is 13.2 Å². The number of benzene rings is 1. The molecule has 0 fully saturated rings. The molecule has 0 radical (unpaired) electrons. The van der Waals surface area contributed by atoms with Crippen LogP contribution >= 0.6 is 15.9 Å². The van der Waals surface area contributed by atoms with Crippen molar-refractivity contribution in [2.75, 3.05) is 0 Å². The van der Waals surface area contributed by atoms with Crippen LogP contribution in [-0.2, 0) is 6.18 Å². The first-order chi connectivity index (χ1) is 6.00. The second-order valence-electron chi connectivity index (χ2n) is 2.01. The highest BCUT2D eigenvalue weighted by atomic mass is 79.9. The topological polar surface area (TPSA) is 0 Å². The number of alkyl halides is 3. The molecule has 0 amide bonds. The molecule has 1 aromatic rings. The summed E-state index contributed by atoms with van der Waals surface area (Å²) < 4.78 is 36.3. The fourth-order valence-electron chi connectivity index (χ4n) is 0.665. The predicted octanol–water partition coefficient (Wildman–Crippen LogP) is 4.49. The summed E-state index contributed by atoms with van der Waals surface area (Å²) in [6.07, 6.45) is -4.25. The number of rotatable bonds is 0. The molecule has 0 aliphatic heterocycles. The molecule has 0 aliphatic carbocycles. The molecule has 74 valence electrons. The van der Waals surface area contributed by atoms with Crippen molar-refractivity contribution in [3.63, 3.8) is 0 Å². The third kappa shape index (κ3) is 4.31. The molecule has 0 bridgehead atoms. The van der Waals surface area contributed by atoms with Crippen LogP contribution in [0.25, 0.3) is 0 Å². The van der Waals surface area contributed by atoms with E-state index in [2.05, 4.69) is 15.9 Å². The Bertz CT molecular complexity index is 255. The average molecular weight is 255 g/mol. The van der Waals surface area contributed by atoms with Gasteiger partial charge >= 0.3 is 6.18 Å². The highest BCUT2D eigenvalue weighted by molar-refractivity contribution is 9.10. The number of halogens is 4. The van der Waals surface area contributed by atoms with Gasteiger partial charge in [-0.3, -0.25) is 0 Å². The summed E-state index contributed by atoms with van der Waals surface area (Å²) in [6.45, 7) is 4.00. The van der Waals surface area contributed by atoms with Gasteiger partial charge in [0.15, 0.2) is 0 Å². The maximum Gasteiger partial charge on any atom is 0.416 e. The molecule has 1 aromatic carbocycles. The lowest BCUT2D eigenvalue weighted by atomic mass is 10.2. The number of hydrogen-bond donors (Lipinski definition) is 0. The van der Waals surface area contributed by atoms with E-state index in [0.717, 1.165) is 12.1 Å². The zero-order valence-electron chi connectivity index (χ0n) is 7.32. The van der Waals surface area contributed by atoms with Gasteiger partial charge in [-0.25, -0.2) is 0 Å². The van der Waals surface area contributed by atoms with E-state index >= 15 is 0 Å². The monoisotopic (exact) mass is 254 g/mol. The molecule has 0 aromatic heterocycles. The molecule has 0 saturated heterocycles. The third-order valence-electron chi connectivity index (χ3n) is 1.15. The lowest BCUT2D eigenvalue weighted by Gasteiger charge is -2.05. The van der Waals surface area contributed by atoms with E-state index in [1.165, 1.54) is 6.07 Å². The summed E-state index contributed by atoms with van der Waals surface area (Å²) in [5.41, 5.74) is -0.633. The maximum absolute atomic E-state index is 11.9. The van der Waals surface area contributed by atoms with Gasteiger partial charge in [-0.1, -0.05) is 35.8 Å². The van der Waals surface area contributed by atoms with E-state index in [0.29, 0.717) is 4.47 Å². The third-order valence-corrected chi connectivity index (χ3v) is 1.65. The van der Waals surface area contributed by atoms with Crippen LogP contribution in [0, 0.1) is 0 Å². The molecule has 4 heteroatoms. The standard InChI is InChI=1S/C7H4BrF3.C2H6/c8-6-3-1-2-5(4-6)7(9,10)11;1-2/h1-4H;1-2H3. The van der Waals surface area contributed by atoms with E-state index in [-0.39, 0.29) is 0 Å². The summed E-state index contributed by atoms with van der Waals surface area (Å²) in [5.74, 6) is 0. The van der Waals surface area contributed by atoms with E-state index in [1.54, 1.807) is 6.07 Å². The van der Waals surface area contributed by atoms with Crippen molar-refractivity contribution in [3.05, 3.63) is 34.3 Å². The molecule has 13 heavy (non-hydrogen) atoms. The van der Waals surface area contributed by atoms with Gasteiger partial charge in [0.05, 0.1) is 5.56 Å².